The van der Waals surface area contributed by atoms with Gasteiger partial charge in [0.25, 0.3) is 0 Å². The fourth-order valence-corrected chi connectivity index (χ4v) is 2.95. The Morgan fingerprint density at radius 3 is 2.24 bits per heavy atom. The van der Waals surface area contributed by atoms with Gasteiger partial charge < -0.3 is 19.1 Å². The van der Waals surface area contributed by atoms with E-state index in [1.165, 1.54) is 0 Å². The van der Waals surface area contributed by atoms with Crippen LogP contribution in [0.2, 0.25) is 0 Å². The first-order valence-electron chi connectivity index (χ1n) is 9.62. The quantitative estimate of drug-likeness (QED) is 0.282. The van der Waals surface area contributed by atoms with Crippen LogP contribution in [-0.4, -0.2) is 18.9 Å². The molecule has 0 heterocycles. The third-order valence-corrected chi connectivity index (χ3v) is 4.39. The van der Waals surface area contributed by atoms with Crippen molar-refractivity contribution >= 4 is 11.8 Å². The van der Waals surface area contributed by atoms with Crippen LogP contribution in [0.4, 0.5) is 10.5 Å². The van der Waals surface area contributed by atoms with Gasteiger partial charge in [-0.15, -0.1) is 0 Å². The van der Waals surface area contributed by atoms with E-state index in [2.05, 4.69) is 0 Å². The Morgan fingerprint density at radius 1 is 0.897 bits per heavy atom. The number of nitrogens with zero attached hydrogens (tertiary/aromatic N) is 1. The molecule has 3 aromatic carbocycles. The minimum absolute atomic E-state index is 0.448. The van der Waals surface area contributed by atoms with Gasteiger partial charge in [-0.05, 0) is 43.7 Å². The highest BCUT2D eigenvalue weighted by atomic mass is 16.7. The fraction of sp³-hybridized carbons (Fsp3) is 0.208. The lowest BCUT2D eigenvalue weighted by molar-refractivity contribution is 0.0645. The molecule has 0 aromatic heterocycles. The summed E-state index contributed by atoms with van der Waals surface area (Å²) in [5.74, 6) is 1.20. The molecule has 0 N–H and O–H groups in total. The first-order valence-corrected chi connectivity index (χ1v) is 9.62. The predicted octanol–water partition coefficient (Wildman–Crippen LogP) is 5.65. The molecule has 0 amide bonds. The van der Waals surface area contributed by atoms with Gasteiger partial charge in [-0.1, -0.05) is 54.6 Å². The number of hydrogen-bond acceptors (Lipinski definition) is 5. The van der Waals surface area contributed by atoms with E-state index in [4.69, 9.17) is 14.2 Å². The Morgan fingerprint density at radius 2 is 1.55 bits per heavy atom. The van der Waals surface area contributed by atoms with Gasteiger partial charge in [0.2, 0.25) is 0 Å². The Balaban J connectivity index is 1.61. The highest BCUT2D eigenvalue weighted by Crippen LogP contribution is 2.24. The Labute approximate surface area is 171 Å². The normalized spacial score (nSPS) is 11.4. The molecule has 29 heavy (non-hydrogen) atoms. The average molecular weight is 391 g/mol. The molecule has 0 bridgehead atoms. The Kier molecular flexibility index (Phi) is 7.11. The summed E-state index contributed by atoms with van der Waals surface area (Å²) in [5.41, 5.74) is 2.00. The van der Waals surface area contributed by atoms with Crippen LogP contribution in [-0.2, 0) is 11.3 Å². The van der Waals surface area contributed by atoms with Gasteiger partial charge in [0, 0.05) is 18.3 Å². The van der Waals surface area contributed by atoms with Gasteiger partial charge >= 0.3 is 6.16 Å². The minimum Gasteiger partial charge on any atom is -0.489 e. The Hall–Kier alpha value is -3.47. The number of para-hydroxylation sites is 1. The van der Waals surface area contributed by atoms with Crippen molar-refractivity contribution in [2.45, 2.75) is 26.7 Å². The fourth-order valence-electron chi connectivity index (χ4n) is 2.95. The van der Waals surface area contributed by atoms with Gasteiger partial charge in [-0.2, -0.15) is 0 Å². The van der Waals surface area contributed by atoms with Gasteiger partial charge in [0.05, 0.1) is 0 Å². The predicted molar refractivity (Wildman–Crippen MR) is 113 cm³/mol. The highest BCUT2D eigenvalue weighted by Gasteiger charge is 2.19. The molecule has 3 aromatic rings. The highest BCUT2D eigenvalue weighted by molar-refractivity contribution is 5.64. The largest absolute Gasteiger partial charge is 0.515 e. The van der Waals surface area contributed by atoms with Crippen molar-refractivity contribution in [3.8, 4) is 11.5 Å². The molecule has 0 aliphatic heterocycles. The first kappa shape index (κ1) is 20.3. The van der Waals surface area contributed by atoms with Gasteiger partial charge in [-0.3, -0.25) is 0 Å². The number of hydrogen-bond donors (Lipinski definition) is 0. The summed E-state index contributed by atoms with van der Waals surface area (Å²) in [6.07, 6.45) is -1.24. The molecule has 0 radical (unpaired) electrons. The van der Waals surface area contributed by atoms with Crippen LogP contribution >= 0.6 is 0 Å². The van der Waals surface area contributed by atoms with Crippen molar-refractivity contribution in [2.24, 2.45) is 0 Å². The monoisotopic (exact) mass is 391 g/mol. The smallest absolute Gasteiger partial charge is 0.489 e. The van der Waals surface area contributed by atoms with Crippen LogP contribution in [0.3, 0.4) is 0 Å². The van der Waals surface area contributed by atoms with Crippen molar-refractivity contribution in [1.29, 1.82) is 0 Å². The summed E-state index contributed by atoms with van der Waals surface area (Å²) < 4.78 is 16.6. The van der Waals surface area contributed by atoms with E-state index in [9.17, 15) is 4.79 Å². The number of benzene rings is 3. The molecule has 0 saturated carbocycles. The minimum atomic E-state index is -0.737. The lowest BCUT2D eigenvalue weighted by Crippen LogP contribution is -2.37. The van der Waals surface area contributed by atoms with Crippen LogP contribution in [0.25, 0.3) is 0 Å². The number of carbonyl (C=O) groups excluding carboxylic acids is 1. The van der Waals surface area contributed by atoms with Crippen LogP contribution in [0.5, 0.6) is 11.5 Å². The summed E-state index contributed by atoms with van der Waals surface area (Å²) >= 11 is 0. The standard InChI is InChI=1S/C24H25NO4/c1-3-25(19(2)28-24(26)29-22-14-8-5-9-15-22)21-13-10-16-23(17-21)27-18-20-11-6-4-7-12-20/h4-17,19H,3,18H2,1-2H3. The van der Waals surface area contributed by atoms with Crippen molar-refractivity contribution in [1.82, 2.24) is 0 Å². The van der Waals surface area contributed by atoms with Crippen LogP contribution in [0.1, 0.15) is 19.4 Å². The molecular weight excluding hydrogens is 366 g/mol. The SMILES string of the molecule is CCN(c1cccc(OCc2ccccc2)c1)C(C)OC(=O)Oc1ccccc1. The molecule has 5 nitrogen and oxygen atoms in total. The maximum Gasteiger partial charge on any atom is 0.515 e. The van der Waals surface area contributed by atoms with E-state index in [1.807, 2.05) is 79.4 Å². The average Bonchev–Trinajstić information content (AvgIpc) is 2.74. The second-order valence-corrected chi connectivity index (χ2v) is 6.44. The molecular formula is C24H25NO4. The first-order chi connectivity index (χ1) is 14.2. The van der Waals surface area contributed by atoms with Crippen LogP contribution in [0, 0.1) is 0 Å². The summed E-state index contributed by atoms with van der Waals surface area (Å²) in [5, 5.41) is 0. The number of anilines is 1. The third kappa shape index (κ3) is 6.01. The van der Waals surface area contributed by atoms with E-state index >= 15 is 0 Å². The van der Waals surface area contributed by atoms with Crippen molar-refractivity contribution in [2.75, 3.05) is 11.4 Å². The number of carbonyl (C=O) groups is 1. The Bertz CT molecular complexity index is 899. The van der Waals surface area contributed by atoms with Gasteiger partial charge in [0.15, 0.2) is 6.23 Å². The van der Waals surface area contributed by atoms with E-state index in [1.54, 1.807) is 24.3 Å². The summed E-state index contributed by atoms with van der Waals surface area (Å²) in [4.78, 5) is 14.1. The summed E-state index contributed by atoms with van der Waals surface area (Å²) in [7, 11) is 0. The molecule has 1 unspecified atom stereocenters. The van der Waals surface area contributed by atoms with E-state index < -0.39 is 12.4 Å². The summed E-state index contributed by atoms with van der Waals surface area (Å²) in [6.45, 7) is 4.96. The molecule has 3 rings (SSSR count). The molecule has 0 spiro atoms. The zero-order chi connectivity index (χ0) is 20.5. The zero-order valence-corrected chi connectivity index (χ0v) is 16.7. The molecule has 150 valence electrons. The molecule has 0 aliphatic rings. The molecule has 0 saturated heterocycles. The molecule has 0 aliphatic carbocycles. The zero-order valence-electron chi connectivity index (χ0n) is 16.7. The van der Waals surface area contributed by atoms with Gasteiger partial charge in [0.1, 0.15) is 18.1 Å². The van der Waals surface area contributed by atoms with Crippen molar-refractivity contribution in [3.63, 3.8) is 0 Å². The molecule has 5 heteroatoms. The molecule has 0 fully saturated rings. The second kappa shape index (κ2) is 10.2. The topological polar surface area (TPSA) is 48.0 Å². The maximum absolute atomic E-state index is 12.1. The van der Waals surface area contributed by atoms with E-state index in [0.717, 1.165) is 17.0 Å². The maximum atomic E-state index is 12.1. The third-order valence-electron chi connectivity index (χ3n) is 4.39. The number of ether oxygens (including phenoxy) is 3. The van der Waals surface area contributed by atoms with Gasteiger partial charge in [-0.25, -0.2) is 4.79 Å². The van der Waals surface area contributed by atoms with E-state index in [0.29, 0.717) is 18.9 Å². The van der Waals surface area contributed by atoms with Crippen molar-refractivity contribution in [3.05, 3.63) is 90.5 Å². The second-order valence-electron chi connectivity index (χ2n) is 6.44. The summed E-state index contributed by atoms with van der Waals surface area (Å²) in [6, 6.07) is 26.6. The lowest BCUT2D eigenvalue weighted by Gasteiger charge is -2.29. The number of rotatable bonds is 8. The van der Waals surface area contributed by atoms with E-state index in [-0.39, 0.29) is 0 Å². The van der Waals surface area contributed by atoms with Crippen LogP contribution in [0.15, 0.2) is 84.9 Å². The molecule has 1 atom stereocenters. The van der Waals surface area contributed by atoms with Crippen LogP contribution < -0.4 is 14.4 Å². The van der Waals surface area contributed by atoms with Crippen molar-refractivity contribution < 1.29 is 19.0 Å². The lowest BCUT2D eigenvalue weighted by atomic mass is 10.2.